The van der Waals surface area contributed by atoms with Crippen LogP contribution in [0.4, 0.5) is 45.5 Å². The highest BCUT2D eigenvalue weighted by Gasteiger charge is 2.45. The number of para-hydroxylation sites is 7. The van der Waals surface area contributed by atoms with E-state index in [1.165, 1.54) is 18.2 Å². The molecule has 7 aromatic carbocycles. The molecule has 9 N–H and O–H groups in total. The summed E-state index contributed by atoms with van der Waals surface area (Å²) in [4.78, 5) is 142. The Morgan fingerprint density at radius 3 is 1.51 bits per heavy atom. The fraction of sp³-hybridized carbons (Fsp3) is 0.407. The van der Waals surface area contributed by atoms with Crippen LogP contribution in [0.15, 0.2) is 224 Å². The maximum Gasteiger partial charge on any atom is 0.294 e. The molecule has 142 heavy (non-hydrogen) atoms. The van der Waals surface area contributed by atoms with Crippen molar-refractivity contribution < 1.29 is 73.7 Å². The fourth-order valence-corrected chi connectivity index (χ4v) is 21.2. The number of aryl methyl sites for hydroxylation is 4. The van der Waals surface area contributed by atoms with Crippen LogP contribution < -0.4 is 51.9 Å². The van der Waals surface area contributed by atoms with Crippen molar-refractivity contribution in [3.8, 4) is 0 Å². The summed E-state index contributed by atoms with van der Waals surface area (Å²) in [6, 6.07) is 46.5. The molecule has 8 heterocycles. The van der Waals surface area contributed by atoms with Gasteiger partial charge in [-0.05, 0) is 225 Å². The van der Waals surface area contributed by atoms with E-state index < -0.39 is 37.5 Å². The maximum atomic E-state index is 14.1. The van der Waals surface area contributed by atoms with Gasteiger partial charge in [-0.15, -0.1) is 0 Å². The number of rotatable bonds is 45. The number of allylic oxidation sites excluding steroid dienone is 6. The molecule has 2 saturated heterocycles. The van der Waals surface area contributed by atoms with Gasteiger partial charge >= 0.3 is 0 Å². The van der Waals surface area contributed by atoms with E-state index in [1.807, 2.05) is 148 Å². The van der Waals surface area contributed by atoms with Crippen molar-refractivity contribution in [1.29, 1.82) is 0 Å². The third-order valence-electron chi connectivity index (χ3n) is 27.8. The molecule has 0 unspecified atom stereocenters. The molecule has 0 bridgehead atoms. The third-order valence-corrected chi connectivity index (χ3v) is 29.5. The van der Waals surface area contributed by atoms with E-state index in [0.29, 0.717) is 126 Å². The van der Waals surface area contributed by atoms with Gasteiger partial charge in [0.25, 0.3) is 43.9 Å². The number of aromatic nitrogens is 4. The second-order valence-corrected chi connectivity index (χ2v) is 41.7. The zero-order chi connectivity index (χ0) is 100. The molecule has 15 rings (SSSR count). The van der Waals surface area contributed by atoms with Crippen molar-refractivity contribution in [2.24, 2.45) is 11.8 Å². The number of fused-ring (bicyclic) bond motifs is 6. The van der Waals surface area contributed by atoms with E-state index in [1.54, 1.807) is 64.9 Å². The summed E-state index contributed by atoms with van der Waals surface area (Å²) in [6.07, 6.45) is 31.4. The average Bonchev–Trinajstić information content (AvgIpc) is 1.64. The molecule has 9 aromatic rings. The summed E-state index contributed by atoms with van der Waals surface area (Å²) < 4.78 is 74.0. The van der Waals surface area contributed by atoms with Crippen LogP contribution in [0.5, 0.6) is 0 Å². The summed E-state index contributed by atoms with van der Waals surface area (Å²) in [5, 5.41) is 20.4. The molecule has 0 atom stereocenters. The van der Waals surface area contributed by atoms with Gasteiger partial charge in [0, 0.05) is 136 Å². The number of nitrogens with one attached hydrogen (secondary N) is 7. The first-order valence-electron chi connectivity index (χ1n) is 49.6. The smallest absolute Gasteiger partial charge is 0.294 e. The number of likely N-dealkylation sites (tertiary alicyclic amines) is 2. The predicted octanol–water partition coefficient (Wildman–Crippen LogP) is 14.6. The van der Waals surface area contributed by atoms with E-state index in [9.17, 15) is 69.1 Å². The van der Waals surface area contributed by atoms with E-state index in [4.69, 9.17) is 0 Å². The molecular weight excluding hydrogens is 1840 g/mol. The molecule has 0 saturated carbocycles. The number of amides is 9. The minimum absolute atomic E-state index is 0.0242. The first kappa shape index (κ1) is 103. The van der Waals surface area contributed by atoms with Gasteiger partial charge in [0.2, 0.25) is 35.2 Å². The van der Waals surface area contributed by atoms with Crippen LogP contribution in [0.1, 0.15) is 213 Å². The van der Waals surface area contributed by atoms with Crippen LogP contribution in [0, 0.1) is 11.8 Å². The van der Waals surface area contributed by atoms with Crippen molar-refractivity contribution in [1.82, 2.24) is 55.5 Å². The van der Waals surface area contributed by atoms with Gasteiger partial charge in [-0.2, -0.15) is 21.4 Å². The van der Waals surface area contributed by atoms with Crippen LogP contribution in [-0.4, -0.2) is 203 Å². The molecule has 2 fully saturated rings. The van der Waals surface area contributed by atoms with Gasteiger partial charge in [-0.3, -0.25) is 71.9 Å². The number of carbonyl (C=O) groups is 9. The summed E-state index contributed by atoms with van der Waals surface area (Å²) in [6.45, 7) is 15.0. The van der Waals surface area contributed by atoms with E-state index in [-0.39, 0.29) is 134 Å². The molecule has 6 aliphatic rings. The van der Waals surface area contributed by atoms with E-state index in [2.05, 4.69) is 95.5 Å². The topological polar surface area (TPSA) is 401 Å². The van der Waals surface area contributed by atoms with Crippen molar-refractivity contribution in [3.05, 3.63) is 269 Å². The number of hydrogen-bond donors (Lipinski definition) is 9. The summed E-state index contributed by atoms with van der Waals surface area (Å²) in [7, 11) is -8.63. The molecule has 0 radical (unpaired) electrons. The van der Waals surface area contributed by atoms with Gasteiger partial charge in [0.05, 0.1) is 98.4 Å². The number of carbonyl (C=O) groups excluding carboxylic acids is 9. The minimum Gasteiger partial charge on any atom is -0.354 e. The number of benzene rings is 7. The van der Waals surface area contributed by atoms with Crippen LogP contribution >= 0.6 is 0 Å². The summed E-state index contributed by atoms with van der Waals surface area (Å²) >= 11 is 0. The molecule has 9 amide bonds. The number of unbranched alkanes of at least 4 members (excludes halogenated alkanes) is 5. The zero-order valence-electron chi connectivity index (χ0n) is 81.3. The van der Waals surface area contributed by atoms with Crippen LogP contribution in [0.3, 0.4) is 0 Å². The Hall–Kier alpha value is -13.4. The Balaban J connectivity index is 0.503. The lowest BCUT2D eigenvalue weighted by Gasteiger charge is -2.33. The highest BCUT2D eigenvalue weighted by molar-refractivity contribution is 7.86. The van der Waals surface area contributed by atoms with Gasteiger partial charge in [-0.25, -0.2) is 9.97 Å². The summed E-state index contributed by atoms with van der Waals surface area (Å²) in [5.41, 5.74) is 11.3. The molecule has 0 aliphatic carbocycles. The Morgan fingerprint density at radius 1 is 0.486 bits per heavy atom. The Kier molecular flexibility index (Phi) is 34.4. The van der Waals surface area contributed by atoms with Gasteiger partial charge in [0.1, 0.15) is 6.54 Å². The third kappa shape index (κ3) is 26.7. The van der Waals surface area contributed by atoms with Crippen LogP contribution in [0.2, 0.25) is 0 Å². The molecular formula is C108H130N17O15S2+. The van der Waals surface area contributed by atoms with Crippen molar-refractivity contribution in [2.45, 2.75) is 191 Å². The Bertz CT molecular complexity index is 6260. The number of piperidine rings is 2. The van der Waals surface area contributed by atoms with Crippen molar-refractivity contribution >= 4 is 125 Å². The SMILES string of the molecule is CC1(C)C(/C=C/C=C/C=C2/N(CCCCCC(=O)NCc3cc(C(=O)NCCNC(=O)CCc4cn(CCCCC5CCN(CC(=O)N6c7ccccc7NC(=O)c7ccccc76)CC5)cn4)cc(C(=O)NCCNC(=O)CCc4cn(CCCCC5CCN(CC(=O)N6c7ccccc7NC(=O)c7ccccc76)CC5)cn4)c3)c3ccc(S(=O)(=O)O)cc3C2(C)C)=[N+](CCCCS(=O)(=O)O)c2ccccc21. The zero-order valence-corrected chi connectivity index (χ0v) is 82.9. The summed E-state index contributed by atoms with van der Waals surface area (Å²) in [5.74, 6) is -1.63. The van der Waals surface area contributed by atoms with Gasteiger partial charge in [0.15, 0.2) is 5.71 Å². The molecule has 2 aromatic heterocycles. The first-order valence-corrected chi connectivity index (χ1v) is 52.7. The average molecular weight is 1970 g/mol. The molecule has 6 aliphatic heterocycles. The van der Waals surface area contributed by atoms with E-state index >= 15 is 0 Å². The van der Waals surface area contributed by atoms with Crippen LogP contribution in [0.25, 0.3) is 0 Å². The number of hydrogen-bond acceptors (Lipinski definition) is 18. The lowest BCUT2D eigenvalue weighted by Crippen LogP contribution is -2.42. The number of anilines is 7. The molecule has 0 spiro atoms. The highest BCUT2D eigenvalue weighted by atomic mass is 32.2. The highest BCUT2D eigenvalue weighted by Crippen LogP contribution is 2.50. The second-order valence-electron chi connectivity index (χ2n) is 38.7. The minimum atomic E-state index is -4.54. The predicted molar refractivity (Wildman–Crippen MR) is 548 cm³/mol. The Labute approximate surface area is 830 Å². The first-order chi connectivity index (χ1) is 68.4. The monoisotopic (exact) mass is 1970 g/mol. The number of nitrogens with zero attached hydrogens (tertiary/aromatic N) is 10. The quantitative estimate of drug-likeness (QED) is 0.00741. The number of imidazole rings is 2. The van der Waals surface area contributed by atoms with E-state index in [0.717, 1.165) is 143 Å². The lowest BCUT2D eigenvalue weighted by atomic mass is 9.81. The van der Waals surface area contributed by atoms with Gasteiger partial charge in [-0.1, -0.05) is 131 Å². The fourth-order valence-electron chi connectivity index (χ4n) is 20.2. The second kappa shape index (κ2) is 47.5. The molecule has 34 heteroatoms. The Morgan fingerprint density at radius 2 is 0.979 bits per heavy atom. The normalized spacial score (nSPS) is 16.2. The largest absolute Gasteiger partial charge is 0.354 e. The molecule has 748 valence electrons. The van der Waals surface area contributed by atoms with Crippen LogP contribution in [-0.2, 0) is 87.5 Å². The maximum absolute atomic E-state index is 14.1. The van der Waals surface area contributed by atoms with Crippen molar-refractivity contribution in [3.63, 3.8) is 0 Å². The lowest BCUT2D eigenvalue weighted by molar-refractivity contribution is -0.438. The van der Waals surface area contributed by atoms with Crippen molar-refractivity contribution in [2.75, 3.05) is 110 Å². The standard InChI is InChI=1S/C108H129N17O15S2/c1-107(2)86-31-12-17-36-92(86)122(59-25-26-64-141(135,136)137)96(107)39-7-5-8-40-97-108(3,4)87-68-83(142(138,139)140)44-45-93(87)123(97)58-22-6-9-41-98(126)113-69-78-65-79(103(131)111-54-52-109-99(127)46-42-81-70-120(74-114-81)56-23-20-27-76-48-60-118(61-49-76)72-101(129)124-90-34-15-10-29-84(90)105(133)116-88-32-13-18-37-94(88)124)67-80(66-78)104(132)112-55-53-110-100(128)47-43-82-71-121(75-115-82)57-24-21-28-77-50-62-119(63-51-77)73-102(130)125-91-35-16-11-30-85(91)106(134)117-89-33-14-19-38-95(89)125/h5,7-8,10-19,29-40,44-45,65-68,70-71,74-77H,6,9,20-28,41-43,46-64,69,72-73H2,1-4H3,(H8-,109,110,111,112,113,116,117,126,127,128,131,132,133,134,135,136,137,138,139,140)/p+1. The van der Waals surface area contributed by atoms with Gasteiger partial charge < -0.3 is 51.3 Å². The molecule has 32 nitrogen and oxygen atoms in total.